The zero-order valence-electron chi connectivity index (χ0n) is 18.9. The molecule has 3 atom stereocenters. The fourth-order valence-electron chi connectivity index (χ4n) is 4.83. The van der Waals surface area contributed by atoms with Crippen molar-refractivity contribution in [1.82, 2.24) is 10.2 Å². The number of nitrogens with zero attached hydrogens (tertiary/aromatic N) is 1. The summed E-state index contributed by atoms with van der Waals surface area (Å²) in [7, 11) is -7.30. The first-order valence-corrected chi connectivity index (χ1v) is 14.9. The van der Waals surface area contributed by atoms with Gasteiger partial charge in [0.2, 0.25) is 0 Å². The van der Waals surface area contributed by atoms with Crippen LogP contribution in [0.1, 0.15) is 31.4 Å². The molecule has 2 fully saturated rings. The van der Waals surface area contributed by atoms with E-state index < -0.39 is 31.0 Å². The quantitative estimate of drug-likeness (QED) is 0.575. The van der Waals surface area contributed by atoms with Crippen molar-refractivity contribution in [2.75, 3.05) is 37.7 Å². The lowest BCUT2D eigenvalue weighted by molar-refractivity contribution is 0.234. The van der Waals surface area contributed by atoms with Crippen LogP contribution in [-0.2, 0) is 19.7 Å². The van der Waals surface area contributed by atoms with Crippen LogP contribution in [-0.4, -0.2) is 70.8 Å². The predicted molar refractivity (Wildman–Crippen MR) is 129 cm³/mol. The van der Waals surface area contributed by atoms with Crippen LogP contribution in [0, 0.1) is 0 Å². The van der Waals surface area contributed by atoms with Crippen LogP contribution in [0.5, 0.6) is 5.75 Å². The van der Waals surface area contributed by atoms with Crippen molar-refractivity contribution in [2.24, 2.45) is 0 Å². The van der Waals surface area contributed by atoms with Crippen molar-refractivity contribution < 1.29 is 21.6 Å². The van der Waals surface area contributed by atoms with E-state index in [-0.39, 0.29) is 22.4 Å². The topological polar surface area (TPSA) is 92.8 Å². The molecule has 2 aromatic rings. The van der Waals surface area contributed by atoms with Crippen molar-refractivity contribution in [3.63, 3.8) is 0 Å². The summed E-state index contributed by atoms with van der Waals surface area (Å²) < 4.78 is 57.2. The third-order valence-electron chi connectivity index (χ3n) is 6.50. The van der Waals surface area contributed by atoms with E-state index >= 15 is 0 Å². The second-order valence-electron chi connectivity index (χ2n) is 8.75. The molecule has 33 heavy (non-hydrogen) atoms. The maximum atomic E-state index is 13.4. The highest BCUT2D eigenvalue weighted by Gasteiger charge is 2.46. The van der Waals surface area contributed by atoms with Gasteiger partial charge in [-0.1, -0.05) is 30.3 Å². The third-order valence-corrected chi connectivity index (χ3v) is 10.7. The smallest absolute Gasteiger partial charge is 0.183 e. The van der Waals surface area contributed by atoms with Crippen LogP contribution in [0.2, 0.25) is 0 Å². The summed E-state index contributed by atoms with van der Waals surface area (Å²) in [5.41, 5.74) is 1.15. The van der Waals surface area contributed by atoms with Gasteiger partial charge in [-0.15, -0.1) is 0 Å². The number of hydrogen-bond donors (Lipinski definition) is 1. The summed E-state index contributed by atoms with van der Waals surface area (Å²) in [6.07, 6.45) is 2.27. The molecule has 0 aliphatic carbocycles. The lowest BCUT2D eigenvalue weighted by Crippen LogP contribution is -2.46. The molecular weight excluding hydrogens is 460 g/mol. The fraction of sp³-hybridized carbons (Fsp3) is 0.500. The van der Waals surface area contributed by atoms with Crippen LogP contribution in [0.4, 0.5) is 0 Å². The number of benzene rings is 2. The van der Waals surface area contributed by atoms with E-state index in [2.05, 4.69) is 22.3 Å². The second-order valence-corrected chi connectivity index (χ2v) is 13.1. The molecule has 1 unspecified atom stereocenters. The van der Waals surface area contributed by atoms with Gasteiger partial charge in [0, 0.05) is 18.6 Å². The molecule has 9 heteroatoms. The molecule has 2 heterocycles. The molecule has 2 aliphatic rings. The van der Waals surface area contributed by atoms with Crippen LogP contribution in [0.25, 0.3) is 0 Å². The van der Waals surface area contributed by atoms with E-state index in [4.69, 9.17) is 4.74 Å². The molecular formula is C24H32N2O5S2. The first-order valence-electron chi connectivity index (χ1n) is 11.5. The summed E-state index contributed by atoms with van der Waals surface area (Å²) in [5.74, 6) is 0.0523. The number of rotatable bonds is 9. The maximum absolute atomic E-state index is 13.4. The molecule has 1 N–H and O–H groups in total. The molecule has 2 aliphatic heterocycles. The second kappa shape index (κ2) is 10.1. The highest BCUT2D eigenvalue weighted by atomic mass is 32.2. The Labute approximate surface area is 197 Å². The summed E-state index contributed by atoms with van der Waals surface area (Å²) in [6.45, 7) is 4.81. The molecule has 180 valence electrons. The van der Waals surface area contributed by atoms with Gasteiger partial charge in [-0.05, 0) is 62.7 Å². The van der Waals surface area contributed by atoms with Crippen molar-refractivity contribution in [1.29, 1.82) is 0 Å². The number of ether oxygens (including phenoxy) is 1. The minimum atomic E-state index is -3.83. The largest absolute Gasteiger partial charge is 0.494 e. The average Bonchev–Trinajstić information content (AvgIpc) is 3.43. The van der Waals surface area contributed by atoms with Crippen molar-refractivity contribution >= 4 is 19.7 Å². The molecule has 4 rings (SSSR count). The molecule has 2 aromatic carbocycles. The zero-order chi connectivity index (χ0) is 23.5. The number of hydrogen-bond acceptors (Lipinski definition) is 7. The van der Waals surface area contributed by atoms with E-state index in [0.29, 0.717) is 18.9 Å². The Bertz CT molecular complexity index is 1130. The SMILES string of the molecule is CCOc1ccc(S(=O)(=O)[C@H]2CS(=O)(=O)C[C@@H]2NCC(c2ccccc2)N2CCCC2)cc1. The fourth-order valence-corrected chi connectivity index (χ4v) is 9.54. The molecule has 0 spiro atoms. The highest BCUT2D eigenvalue weighted by Crippen LogP contribution is 2.29. The van der Waals surface area contributed by atoms with Gasteiger partial charge in [0.25, 0.3) is 0 Å². The monoisotopic (exact) mass is 492 g/mol. The number of sulfone groups is 2. The standard InChI is InChI=1S/C24H32N2O5S2/c1-2-31-20-10-12-21(13-11-20)33(29,30)24-18-32(27,28)17-22(24)25-16-23(26-14-6-7-15-26)19-8-4-3-5-9-19/h3-5,8-13,22-25H,2,6-7,14-18H2,1H3/t22-,23?,24-/m0/s1. The molecule has 0 amide bonds. The number of nitrogens with one attached hydrogen (secondary N) is 1. The van der Waals surface area contributed by atoms with Gasteiger partial charge >= 0.3 is 0 Å². The Hall–Kier alpha value is -1.94. The summed E-state index contributed by atoms with van der Waals surface area (Å²) >= 11 is 0. The highest BCUT2D eigenvalue weighted by molar-refractivity contribution is 7.96. The summed E-state index contributed by atoms with van der Waals surface area (Å²) in [6, 6.07) is 15.8. The van der Waals surface area contributed by atoms with E-state index in [1.54, 1.807) is 12.1 Å². The van der Waals surface area contributed by atoms with E-state index in [1.807, 2.05) is 25.1 Å². The number of likely N-dealkylation sites (tertiary alicyclic amines) is 1. The van der Waals surface area contributed by atoms with Crippen molar-refractivity contribution in [3.8, 4) is 5.75 Å². The average molecular weight is 493 g/mol. The predicted octanol–water partition coefficient (Wildman–Crippen LogP) is 2.45. The van der Waals surface area contributed by atoms with Crippen LogP contribution >= 0.6 is 0 Å². The van der Waals surface area contributed by atoms with E-state index in [0.717, 1.165) is 31.5 Å². The van der Waals surface area contributed by atoms with Crippen molar-refractivity contribution in [2.45, 2.75) is 42.0 Å². The molecule has 0 saturated carbocycles. The lowest BCUT2D eigenvalue weighted by atomic mass is 10.0. The Morgan fingerprint density at radius 2 is 1.70 bits per heavy atom. The first kappa shape index (κ1) is 24.2. The van der Waals surface area contributed by atoms with Crippen LogP contribution in [0.15, 0.2) is 59.5 Å². The van der Waals surface area contributed by atoms with Crippen LogP contribution in [0.3, 0.4) is 0 Å². The molecule has 7 nitrogen and oxygen atoms in total. The van der Waals surface area contributed by atoms with Gasteiger partial charge in [0.05, 0.1) is 28.3 Å². The Morgan fingerprint density at radius 1 is 1.03 bits per heavy atom. The van der Waals surface area contributed by atoms with Gasteiger partial charge in [0.1, 0.15) is 5.75 Å². The van der Waals surface area contributed by atoms with Gasteiger partial charge in [-0.25, -0.2) is 16.8 Å². The normalized spacial score (nSPS) is 24.0. The van der Waals surface area contributed by atoms with Gasteiger partial charge in [0.15, 0.2) is 19.7 Å². The Kier molecular flexibility index (Phi) is 7.43. The van der Waals surface area contributed by atoms with Gasteiger partial charge in [-0.2, -0.15) is 0 Å². The summed E-state index contributed by atoms with van der Waals surface area (Å²) in [5, 5.41) is 2.33. The van der Waals surface area contributed by atoms with E-state index in [1.165, 1.54) is 12.1 Å². The Balaban J connectivity index is 1.55. The minimum Gasteiger partial charge on any atom is -0.494 e. The maximum Gasteiger partial charge on any atom is 0.183 e. The Morgan fingerprint density at radius 3 is 2.33 bits per heavy atom. The van der Waals surface area contributed by atoms with E-state index in [9.17, 15) is 16.8 Å². The summed E-state index contributed by atoms with van der Waals surface area (Å²) in [4.78, 5) is 2.51. The van der Waals surface area contributed by atoms with Crippen molar-refractivity contribution in [3.05, 3.63) is 60.2 Å². The molecule has 0 bridgehead atoms. The molecule has 2 saturated heterocycles. The molecule has 0 radical (unpaired) electrons. The first-order chi connectivity index (χ1) is 15.8. The minimum absolute atomic E-state index is 0.0748. The lowest BCUT2D eigenvalue weighted by Gasteiger charge is -2.30. The molecule has 0 aromatic heterocycles. The van der Waals surface area contributed by atoms with Crippen LogP contribution < -0.4 is 10.1 Å². The van der Waals surface area contributed by atoms with Gasteiger partial charge in [-0.3, -0.25) is 4.90 Å². The zero-order valence-corrected chi connectivity index (χ0v) is 20.5. The van der Waals surface area contributed by atoms with Gasteiger partial charge < -0.3 is 10.1 Å². The third kappa shape index (κ3) is 5.59.